The molecule has 13 heteroatoms. The summed E-state index contributed by atoms with van der Waals surface area (Å²) in [6.45, 7) is 0.630. The highest BCUT2D eigenvalue weighted by molar-refractivity contribution is 7.92. The van der Waals surface area contributed by atoms with Crippen molar-refractivity contribution in [3.05, 3.63) is 24.0 Å². The molecule has 0 bridgehead atoms. The molecule has 28 heavy (non-hydrogen) atoms. The summed E-state index contributed by atoms with van der Waals surface area (Å²) < 4.78 is 76.7. The van der Waals surface area contributed by atoms with Crippen LogP contribution in [-0.2, 0) is 34.3 Å². The van der Waals surface area contributed by atoms with Gasteiger partial charge in [-0.25, -0.2) is 25.9 Å². The molecule has 2 heterocycles. The van der Waals surface area contributed by atoms with Crippen molar-refractivity contribution in [1.29, 1.82) is 0 Å². The van der Waals surface area contributed by atoms with Crippen LogP contribution in [0.15, 0.2) is 23.1 Å². The lowest BCUT2D eigenvalue weighted by Gasteiger charge is -2.49. The molecule has 2 saturated heterocycles. The third kappa shape index (κ3) is 4.43. The van der Waals surface area contributed by atoms with E-state index in [0.29, 0.717) is 19.2 Å². The number of nitrogens with one attached hydrogen (secondary N) is 2. The summed E-state index contributed by atoms with van der Waals surface area (Å²) in [5.41, 5.74) is -1.34. The number of sulfonamides is 2. The molecule has 0 radical (unpaired) electrons. The maximum Gasteiger partial charge on any atom is 0.249 e. The van der Waals surface area contributed by atoms with Crippen LogP contribution in [0.25, 0.3) is 0 Å². The number of nitrogens with zero attached hydrogens (tertiary/aromatic N) is 1. The van der Waals surface area contributed by atoms with E-state index >= 15 is 0 Å². The predicted molar refractivity (Wildman–Crippen MR) is 96.1 cm³/mol. The highest BCUT2D eigenvalue weighted by Gasteiger charge is 2.46. The summed E-state index contributed by atoms with van der Waals surface area (Å²) in [5, 5.41) is 0. The summed E-state index contributed by atoms with van der Waals surface area (Å²) in [7, 11) is -7.84. The number of rotatable bonds is 6. The molecule has 0 spiro atoms. The maximum atomic E-state index is 14.1. The minimum absolute atomic E-state index is 0.0749. The van der Waals surface area contributed by atoms with Crippen LogP contribution in [-0.4, -0.2) is 79.0 Å². The standard InChI is InChI=1S/C15H20FN3O7S2/c1-27(21,22)18-13-3-2-11(6-12(13)16)28(23,24)17-8-15-9-25-5-4-19(15)14(20)7-26-10-15/h2-3,6,17-18H,4-5,7-10H2,1H3. The normalized spacial score (nSPS) is 23.4. The quantitative estimate of drug-likeness (QED) is 0.590. The minimum atomic E-state index is -4.13. The number of anilines is 1. The van der Waals surface area contributed by atoms with Gasteiger partial charge in [0, 0.05) is 13.1 Å². The Hall–Kier alpha value is -1.80. The van der Waals surface area contributed by atoms with Gasteiger partial charge in [-0.1, -0.05) is 0 Å². The average molecular weight is 437 g/mol. The van der Waals surface area contributed by atoms with Crippen molar-refractivity contribution in [3.63, 3.8) is 0 Å². The fourth-order valence-corrected chi connectivity index (χ4v) is 4.80. The van der Waals surface area contributed by atoms with E-state index in [1.165, 1.54) is 0 Å². The van der Waals surface area contributed by atoms with Crippen LogP contribution in [0.3, 0.4) is 0 Å². The molecule has 0 aliphatic carbocycles. The number of carbonyl (C=O) groups excluding carboxylic acids is 1. The summed E-state index contributed by atoms with van der Waals surface area (Å²) in [6.07, 6.45) is 0.851. The fraction of sp³-hybridized carbons (Fsp3) is 0.533. The smallest absolute Gasteiger partial charge is 0.249 e. The van der Waals surface area contributed by atoms with Gasteiger partial charge in [-0.3, -0.25) is 9.52 Å². The molecule has 1 aromatic rings. The van der Waals surface area contributed by atoms with Gasteiger partial charge in [0.05, 0.1) is 36.7 Å². The summed E-state index contributed by atoms with van der Waals surface area (Å²) in [6, 6.07) is 2.81. The van der Waals surface area contributed by atoms with Gasteiger partial charge >= 0.3 is 0 Å². The maximum absolute atomic E-state index is 14.1. The van der Waals surface area contributed by atoms with Crippen LogP contribution in [0.4, 0.5) is 10.1 Å². The molecule has 3 rings (SSSR count). The largest absolute Gasteiger partial charge is 0.377 e. The first-order valence-corrected chi connectivity index (χ1v) is 11.6. The van der Waals surface area contributed by atoms with E-state index in [-0.39, 0.29) is 42.9 Å². The Labute approximate surface area is 162 Å². The van der Waals surface area contributed by atoms with Gasteiger partial charge in [0.2, 0.25) is 26.0 Å². The average Bonchev–Trinajstić information content (AvgIpc) is 2.61. The molecule has 156 valence electrons. The number of fused-ring (bicyclic) bond motifs is 1. The van der Waals surface area contributed by atoms with Crippen LogP contribution >= 0.6 is 0 Å². The molecule has 0 saturated carbocycles. The number of amides is 1. The summed E-state index contributed by atoms with van der Waals surface area (Å²) >= 11 is 0. The van der Waals surface area contributed by atoms with Gasteiger partial charge < -0.3 is 14.4 Å². The van der Waals surface area contributed by atoms with Gasteiger partial charge in [-0.2, -0.15) is 0 Å². The minimum Gasteiger partial charge on any atom is -0.377 e. The molecule has 2 fully saturated rings. The predicted octanol–water partition coefficient (Wildman–Crippen LogP) is -0.897. The van der Waals surface area contributed by atoms with Gasteiger partial charge in [0.25, 0.3) is 0 Å². The summed E-state index contributed by atoms with van der Waals surface area (Å²) in [4.78, 5) is 13.2. The van der Waals surface area contributed by atoms with Gasteiger partial charge in [0.15, 0.2) is 0 Å². The van der Waals surface area contributed by atoms with E-state index in [0.717, 1.165) is 18.4 Å². The Morgan fingerprint density at radius 2 is 1.93 bits per heavy atom. The van der Waals surface area contributed by atoms with E-state index in [4.69, 9.17) is 9.47 Å². The molecule has 2 aliphatic rings. The van der Waals surface area contributed by atoms with Crippen molar-refractivity contribution in [2.45, 2.75) is 10.4 Å². The Bertz CT molecular complexity index is 979. The number of carbonyl (C=O) groups is 1. The third-order valence-electron chi connectivity index (χ3n) is 4.44. The molecule has 2 N–H and O–H groups in total. The van der Waals surface area contributed by atoms with Crippen molar-refractivity contribution in [2.24, 2.45) is 0 Å². The topological polar surface area (TPSA) is 131 Å². The molecule has 1 atom stereocenters. The Morgan fingerprint density at radius 1 is 1.21 bits per heavy atom. The Morgan fingerprint density at radius 3 is 2.61 bits per heavy atom. The lowest BCUT2D eigenvalue weighted by atomic mass is 9.96. The zero-order valence-electron chi connectivity index (χ0n) is 15.0. The molecular formula is C15H20FN3O7S2. The molecule has 10 nitrogen and oxygen atoms in total. The number of morpholine rings is 2. The van der Waals surface area contributed by atoms with Crippen LogP contribution < -0.4 is 9.44 Å². The van der Waals surface area contributed by atoms with Gasteiger partial charge in [0.1, 0.15) is 18.0 Å². The summed E-state index contributed by atoms with van der Waals surface area (Å²) in [5.74, 6) is -1.29. The first-order chi connectivity index (χ1) is 13.0. The molecular weight excluding hydrogens is 417 g/mol. The third-order valence-corrected chi connectivity index (χ3v) is 6.43. The first-order valence-electron chi connectivity index (χ1n) is 8.25. The second-order valence-corrected chi connectivity index (χ2v) is 10.2. The van der Waals surface area contributed by atoms with E-state index in [1.54, 1.807) is 4.90 Å². The van der Waals surface area contributed by atoms with E-state index < -0.39 is 31.4 Å². The lowest BCUT2D eigenvalue weighted by Crippen LogP contribution is -2.69. The highest BCUT2D eigenvalue weighted by Crippen LogP contribution is 2.25. The highest BCUT2D eigenvalue weighted by atomic mass is 32.2. The van der Waals surface area contributed by atoms with Crippen molar-refractivity contribution >= 4 is 31.6 Å². The van der Waals surface area contributed by atoms with E-state index in [2.05, 4.69) is 4.72 Å². The van der Waals surface area contributed by atoms with Crippen LogP contribution in [0.2, 0.25) is 0 Å². The zero-order chi connectivity index (χ0) is 20.6. The van der Waals surface area contributed by atoms with Crippen LogP contribution in [0.1, 0.15) is 0 Å². The fourth-order valence-electron chi connectivity index (χ4n) is 3.10. The Kier molecular flexibility index (Phi) is 5.64. The second-order valence-electron chi connectivity index (χ2n) is 6.66. The number of hydrogen-bond donors (Lipinski definition) is 2. The monoisotopic (exact) mass is 437 g/mol. The lowest BCUT2D eigenvalue weighted by molar-refractivity contribution is -0.175. The van der Waals surface area contributed by atoms with Gasteiger partial charge in [-0.05, 0) is 18.2 Å². The SMILES string of the molecule is CS(=O)(=O)Nc1ccc(S(=O)(=O)NCC23COCCN2C(=O)COC3)cc1F. The molecule has 2 aliphatic heterocycles. The van der Waals surface area contributed by atoms with E-state index in [9.17, 15) is 26.0 Å². The molecule has 0 aromatic heterocycles. The van der Waals surface area contributed by atoms with Crippen molar-refractivity contribution in [3.8, 4) is 0 Å². The second kappa shape index (κ2) is 7.55. The molecule has 1 amide bonds. The number of ether oxygens (including phenoxy) is 2. The number of benzene rings is 1. The first kappa shape index (κ1) is 20.9. The van der Waals surface area contributed by atoms with Crippen molar-refractivity contribution < 1.29 is 35.5 Å². The molecule has 1 unspecified atom stereocenters. The number of halogens is 1. The van der Waals surface area contributed by atoms with Gasteiger partial charge in [-0.15, -0.1) is 0 Å². The van der Waals surface area contributed by atoms with Crippen molar-refractivity contribution in [2.75, 3.05) is 50.5 Å². The van der Waals surface area contributed by atoms with Crippen LogP contribution in [0, 0.1) is 5.82 Å². The zero-order valence-corrected chi connectivity index (χ0v) is 16.6. The Balaban J connectivity index is 1.78. The van der Waals surface area contributed by atoms with E-state index in [1.807, 2.05) is 4.72 Å². The van der Waals surface area contributed by atoms with Crippen LogP contribution in [0.5, 0.6) is 0 Å². The van der Waals surface area contributed by atoms with Crippen molar-refractivity contribution in [1.82, 2.24) is 9.62 Å². The molecule has 1 aromatic carbocycles. The number of hydrogen-bond acceptors (Lipinski definition) is 7.